The lowest BCUT2D eigenvalue weighted by Crippen LogP contribution is -2.30. The van der Waals surface area contributed by atoms with E-state index in [-0.39, 0.29) is 12.3 Å². The van der Waals surface area contributed by atoms with Crippen molar-refractivity contribution >= 4 is 28.7 Å². The van der Waals surface area contributed by atoms with Crippen LogP contribution in [0, 0.1) is 6.92 Å². The number of anilines is 1. The van der Waals surface area contributed by atoms with Crippen molar-refractivity contribution in [2.45, 2.75) is 32.8 Å². The molecule has 0 unspecified atom stereocenters. The summed E-state index contributed by atoms with van der Waals surface area (Å²) in [4.78, 5) is 21.4. The van der Waals surface area contributed by atoms with Crippen LogP contribution >= 0.6 is 0 Å². The molecule has 0 spiro atoms. The minimum absolute atomic E-state index is 0.144. The number of nitrogens with one attached hydrogen (secondary N) is 1. The Hall–Kier alpha value is -2.47. The molecule has 120 valence electrons. The number of aromatic nitrogens is 3. The Labute approximate surface area is 134 Å². The Kier molecular flexibility index (Phi) is 3.77. The molecule has 2 heterocycles. The van der Waals surface area contributed by atoms with E-state index in [9.17, 15) is 4.79 Å². The number of nitrogens with zero attached hydrogens (tertiary/aromatic N) is 3. The zero-order valence-corrected chi connectivity index (χ0v) is 13.8. The first-order valence-electron chi connectivity index (χ1n) is 7.49. The summed E-state index contributed by atoms with van der Waals surface area (Å²) in [6, 6.07) is 3.82. The monoisotopic (exact) mass is 312 g/mol. The molecule has 0 atom stereocenters. The maximum atomic E-state index is 12.3. The van der Waals surface area contributed by atoms with Crippen molar-refractivity contribution < 1.29 is 9.53 Å². The van der Waals surface area contributed by atoms with Gasteiger partial charge in [0.15, 0.2) is 5.65 Å². The quantitative estimate of drug-likeness (QED) is 0.921. The molecule has 0 saturated carbocycles. The van der Waals surface area contributed by atoms with Crippen molar-refractivity contribution in [1.29, 1.82) is 0 Å². The van der Waals surface area contributed by atoms with Gasteiger partial charge in [-0.1, -0.05) is 6.08 Å². The fraction of sp³-hybridized carbons (Fsp3) is 0.353. The maximum Gasteiger partial charge on any atom is 0.229 e. The van der Waals surface area contributed by atoms with Gasteiger partial charge in [0.1, 0.15) is 5.52 Å². The molecular weight excluding hydrogens is 292 g/mol. The SMILES string of the molecule is COC(C)(C)CC(=O)Nc1nc2ccc(C)nc2n1C1=CC=C1. The van der Waals surface area contributed by atoms with Gasteiger partial charge in [0.05, 0.1) is 17.7 Å². The summed E-state index contributed by atoms with van der Waals surface area (Å²) >= 11 is 0. The van der Waals surface area contributed by atoms with Crippen molar-refractivity contribution in [2.24, 2.45) is 0 Å². The van der Waals surface area contributed by atoms with Crippen molar-refractivity contribution in [3.8, 4) is 0 Å². The van der Waals surface area contributed by atoms with Crippen LogP contribution in [-0.2, 0) is 9.53 Å². The van der Waals surface area contributed by atoms with Gasteiger partial charge in [-0.25, -0.2) is 9.97 Å². The molecule has 1 N–H and O–H groups in total. The lowest BCUT2D eigenvalue weighted by Gasteiger charge is -2.22. The molecule has 3 rings (SSSR count). The van der Waals surface area contributed by atoms with E-state index in [2.05, 4.69) is 15.3 Å². The van der Waals surface area contributed by atoms with E-state index in [4.69, 9.17) is 4.74 Å². The van der Waals surface area contributed by atoms with Crippen LogP contribution in [0.4, 0.5) is 5.95 Å². The zero-order chi connectivity index (χ0) is 16.6. The number of fused-ring (bicyclic) bond motifs is 1. The van der Waals surface area contributed by atoms with Gasteiger partial charge in [-0.2, -0.15) is 0 Å². The number of carbonyl (C=O) groups is 1. The highest BCUT2D eigenvalue weighted by molar-refractivity contribution is 5.94. The van der Waals surface area contributed by atoms with Gasteiger partial charge < -0.3 is 4.74 Å². The average Bonchev–Trinajstić information content (AvgIpc) is 2.74. The molecule has 1 aliphatic rings. The number of imidazole rings is 1. The number of pyridine rings is 1. The second kappa shape index (κ2) is 5.62. The Morgan fingerprint density at radius 2 is 2.09 bits per heavy atom. The van der Waals surface area contributed by atoms with Gasteiger partial charge in [0.25, 0.3) is 0 Å². The normalized spacial score (nSPS) is 13.8. The van der Waals surface area contributed by atoms with Crippen LogP contribution in [0.2, 0.25) is 0 Å². The van der Waals surface area contributed by atoms with Crippen LogP contribution in [0.5, 0.6) is 0 Å². The standard InChI is InChI=1S/C17H20N4O2/c1-11-8-9-13-15(18-11)21(12-6-5-7-12)16(19-13)20-14(22)10-17(2,3)23-4/h5-9H,10H2,1-4H3,(H,19,20,22). The summed E-state index contributed by atoms with van der Waals surface area (Å²) in [6.45, 7) is 5.68. The first-order valence-corrected chi connectivity index (χ1v) is 7.49. The van der Waals surface area contributed by atoms with Crippen molar-refractivity contribution in [3.05, 3.63) is 36.1 Å². The molecule has 0 aromatic carbocycles. The highest BCUT2D eigenvalue weighted by Gasteiger charge is 2.23. The van der Waals surface area contributed by atoms with Crippen LogP contribution in [0.25, 0.3) is 16.9 Å². The van der Waals surface area contributed by atoms with Crippen LogP contribution in [0.3, 0.4) is 0 Å². The molecule has 0 radical (unpaired) electrons. The largest absolute Gasteiger partial charge is 0.378 e. The molecule has 1 aliphatic carbocycles. The molecule has 6 nitrogen and oxygen atoms in total. The Bertz CT molecular complexity index is 830. The Morgan fingerprint density at radius 3 is 2.70 bits per heavy atom. The summed E-state index contributed by atoms with van der Waals surface area (Å²) in [7, 11) is 1.60. The van der Waals surface area contributed by atoms with Gasteiger partial charge in [-0.15, -0.1) is 0 Å². The van der Waals surface area contributed by atoms with Crippen LogP contribution in [0.15, 0.2) is 30.4 Å². The number of allylic oxidation sites excluding steroid dienone is 4. The molecule has 0 aliphatic heterocycles. The van der Waals surface area contributed by atoms with Crippen molar-refractivity contribution in [3.63, 3.8) is 0 Å². The van der Waals surface area contributed by atoms with E-state index in [1.807, 2.05) is 55.7 Å². The number of rotatable bonds is 5. The van der Waals surface area contributed by atoms with E-state index in [1.165, 1.54) is 0 Å². The minimum Gasteiger partial charge on any atom is -0.378 e. The maximum absolute atomic E-state index is 12.3. The Balaban J connectivity index is 1.96. The van der Waals surface area contributed by atoms with Crippen LogP contribution in [0.1, 0.15) is 26.0 Å². The number of hydrogen-bond acceptors (Lipinski definition) is 4. The highest BCUT2D eigenvalue weighted by atomic mass is 16.5. The van der Waals surface area contributed by atoms with Crippen molar-refractivity contribution in [1.82, 2.24) is 14.5 Å². The third kappa shape index (κ3) is 3.03. The van der Waals surface area contributed by atoms with Crippen LogP contribution < -0.4 is 5.32 Å². The number of amides is 1. The number of ether oxygens (including phenoxy) is 1. The molecule has 0 fully saturated rings. The van der Waals surface area contributed by atoms with Gasteiger partial charge in [-0.3, -0.25) is 14.7 Å². The summed E-state index contributed by atoms with van der Waals surface area (Å²) in [5.41, 5.74) is 2.82. The van der Waals surface area contributed by atoms with E-state index in [0.717, 1.165) is 22.6 Å². The number of methoxy groups -OCH3 is 1. The third-order valence-corrected chi connectivity index (χ3v) is 3.83. The van der Waals surface area contributed by atoms with E-state index in [0.29, 0.717) is 5.95 Å². The van der Waals surface area contributed by atoms with Gasteiger partial charge in [0, 0.05) is 12.8 Å². The smallest absolute Gasteiger partial charge is 0.229 e. The van der Waals surface area contributed by atoms with E-state index in [1.54, 1.807) is 7.11 Å². The van der Waals surface area contributed by atoms with Crippen LogP contribution in [-0.4, -0.2) is 33.2 Å². The lowest BCUT2D eigenvalue weighted by atomic mass is 10.1. The number of carbonyl (C=O) groups excluding carboxylic acids is 1. The predicted octanol–water partition coefficient (Wildman–Crippen LogP) is 2.90. The fourth-order valence-corrected chi connectivity index (χ4v) is 2.34. The Morgan fingerprint density at radius 1 is 1.35 bits per heavy atom. The fourth-order valence-electron chi connectivity index (χ4n) is 2.34. The summed E-state index contributed by atoms with van der Waals surface area (Å²) in [6.07, 6.45) is 6.10. The number of hydrogen-bond donors (Lipinski definition) is 1. The summed E-state index contributed by atoms with van der Waals surface area (Å²) in [5.74, 6) is 0.333. The molecule has 0 saturated heterocycles. The second-order valence-corrected chi connectivity index (χ2v) is 6.21. The summed E-state index contributed by atoms with van der Waals surface area (Å²) < 4.78 is 7.17. The second-order valence-electron chi connectivity index (χ2n) is 6.21. The first kappa shape index (κ1) is 15.4. The molecule has 2 aromatic rings. The molecule has 2 aromatic heterocycles. The molecule has 0 bridgehead atoms. The summed E-state index contributed by atoms with van der Waals surface area (Å²) in [5, 5.41) is 2.88. The first-order chi connectivity index (χ1) is 10.9. The minimum atomic E-state index is -0.522. The lowest BCUT2D eigenvalue weighted by molar-refractivity contribution is -0.121. The van der Waals surface area contributed by atoms with Gasteiger partial charge >= 0.3 is 0 Å². The van der Waals surface area contributed by atoms with Gasteiger partial charge in [-0.05, 0) is 45.1 Å². The van der Waals surface area contributed by atoms with Crippen molar-refractivity contribution in [2.75, 3.05) is 12.4 Å². The predicted molar refractivity (Wildman–Crippen MR) is 90.0 cm³/mol. The molecule has 1 amide bonds. The molecular formula is C17H20N4O2. The highest BCUT2D eigenvalue weighted by Crippen LogP contribution is 2.27. The molecule has 6 heteroatoms. The van der Waals surface area contributed by atoms with Gasteiger partial charge in [0.2, 0.25) is 11.9 Å². The third-order valence-electron chi connectivity index (χ3n) is 3.83. The molecule has 23 heavy (non-hydrogen) atoms. The van der Waals surface area contributed by atoms with E-state index < -0.39 is 5.60 Å². The topological polar surface area (TPSA) is 69.0 Å². The van der Waals surface area contributed by atoms with E-state index >= 15 is 0 Å². The zero-order valence-electron chi connectivity index (χ0n) is 13.8. The average molecular weight is 312 g/mol. The number of aryl methyl sites for hydroxylation is 1.